The SMILES string of the molecule is CC1CCCCC1N(C)Cc1cc(N)ccc1Br. The van der Waals surface area contributed by atoms with Crippen LogP contribution in [0.5, 0.6) is 0 Å². The van der Waals surface area contributed by atoms with Gasteiger partial charge < -0.3 is 5.73 Å². The maximum Gasteiger partial charge on any atom is 0.0318 e. The Kier molecular flexibility index (Phi) is 4.68. The Labute approximate surface area is 119 Å². The van der Waals surface area contributed by atoms with Crippen molar-refractivity contribution in [2.45, 2.75) is 45.2 Å². The molecule has 1 saturated carbocycles. The molecule has 1 fully saturated rings. The van der Waals surface area contributed by atoms with Crippen molar-refractivity contribution in [3.63, 3.8) is 0 Å². The smallest absolute Gasteiger partial charge is 0.0318 e. The molecule has 0 heterocycles. The van der Waals surface area contributed by atoms with Gasteiger partial charge in [-0.3, -0.25) is 4.90 Å². The maximum absolute atomic E-state index is 5.87. The molecule has 2 unspecified atom stereocenters. The van der Waals surface area contributed by atoms with E-state index in [2.05, 4.69) is 40.9 Å². The fraction of sp³-hybridized carbons (Fsp3) is 0.600. The van der Waals surface area contributed by atoms with E-state index >= 15 is 0 Å². The summed E-state index contributed by atoms with van der Waals surface area (Å²) < 4.78 is 1.16. The first-order valence-electron chi connectivity index (χ1n) is 6.82. The molecule has 0 aliphatic heterocycles. The molecule has 2 nitrogen and oxygen atoms in total. The van der Waals surface area contributed by atoms with Crippen molar-refractivity contribution in [3.8, 4) is 0 Å². The lowest BCUT2D eigenvalue weighted by molar-refractivity contribution is 0.133. The van der Waals surface area contributed by atoms with Crippen LogP contribution in [0.4, 0.5) is 5.69 Å². The van der Waals surface area contributed by atoms with Gasteiger partial charge in [-0.15, -0.1) is 0 Å². The highest BCUT2D eigenvalue weighted by Crippen LogP contribution is 2.29. The first-order valence-corrected chi connectivity index (χ1v) is 7.61. The van der Waals surface area contributed by atoms with Gasteiger partial charge in [0.05, 0.1) is 0 Å². The van der Waals surface area contributed by atoms with E-state index in [-0.39, 0.29) is 0 Å². The third kappa shape index (κ3) is 3.27. The van der Waals surface area contributed by atoms with Crippen molar-refractivity contribution in [1.29, 1.82) is 0 Å². The summed E-state index contributed by atoms with van der Waals surface area (Å²) in [5.74, 6) is 0.809. The number of rotatable bonds is 3. The van der Waals surface area contributed by atoms with E-state index in [1.807, 2.05) is 12.1 Å². The molecule has 0 saturated heterocycles. The van der Waals surface area contributed by atoms with Gasteiger partial charge in [0.2, 0.25) is 0 Å². The fourth-order valence-corrected chi connectivity index (χ4v) is 3.43. The molecule has 3 heteroatoms. The van der Waals surface area contributed by atoms with Crippen molar-refractivity contribution in [1.82, 2.24) is 4.90 Å². The standard InChI is InChI=1S/C15H23BrN2/c1-11-5-3-4-6-15(11)18(2)10-12-9-13(17)7-8-14(12)16/h7-9,11,15H,3-6,10,17H2,1-2H3. The molecule has 1 aromatic rings. The molecule has 2 atom stereocenters. The zero-order valence-electron chi connectivity index (χ0n) is 11.3. The second-order valence-electron chi connectivity index (χ2n) is 5.60. The third-order valence-electron chi connectivity index (χ3n) is 4.12. The van der Waals surface area contributed by atoms with E-state index in [9.17, 15) is 0 Å². The van der Waals surface area contributed by atoms with E-state index in [1.165, 1.54) is 31.2 Å². The number of nitrogens with zero attached hydrogens (tertiary/aromatic N) is 1. The molecule has 2 N–H and O–H groups in total. The predicted molar refractivity (Wildman–Crippen MR) is 81.4 cm³/mol. The van der Waals surface area contributed by atoms with Crippen LogP contribution in [0, 0.1) is 5.92 Å². The first-order chi connectivity index (χ1) is 8.58. The summed E-state index contributed by atoms with van der Waals surface area (Å²) in [4.78, 5) is 2.49. The largest absolute Gasteiger partial charge is 0.399 e. The summed E-state index contributed by atoms with van der Waals surface area (Å²) in [5, 5.41) is 0. The Bertz CT molecular complexity index is 405. The van der Waals surface area contributed by atoms with Gasteiger partial charge in [-0.25, -0.2) is 0 Å². The van der Waals surface area contributed by atoms with E-state index in [0.717, 1.165) is 22.6 Å². The van der Waals surface area contributed by atoms with E-state index in [4.69, 9.17) is 5.73 Å². The summed E-state index contributed by atoms with van der Waals surface area (Å²) in [5.41, 5.74) is 8.00. The highest BCUT2D eigenvalue weighted by atomic mass is 79.9. The molecule has 0 spiro atoms. The number of hydrogen-bond donors (Lipinski definition) is 1. The van der Waals surface area contributed by atoms with Gasteiger partial charge in [-0.1, -0.05) is 35.7 Å². The van der Waals surface area contributed by atoms with Crippen molar-refractivity contribution >= 4 is 21.6 Å². The van der Waals surface area contributed by atoms with Gasteiger partial charge >= 0.3 is 0 Å². The molecule has 0 aromatic heterocycles. The number of halogens is 1. The van der Waals surface area contributed by atoms with Crippen molar-refractivity contribution in [2.24, 2.45) is 5.92 Å². The third-order valence-corrected chi connectivity index (χ3v) is 4.90. The highest BCUT2D eigenvalue weighted by molar-refractivity contribution is 9.10. The summed E-state index contributed by atoms with van der Waals surface area (Å²) in [6.45, 7) is 3.36. The minimum Gasteiger partial charge on any atom is -0.399 e. The van der Waals surface area contributed by atoms with Gasteiger partial charge in [0, 0.05) is 22.7 Å². The average Bonchev–Trinajstić information content (AvgIpc) is 2.34. The molecular weight excluding hydrogens is 288 g/mol. The Morgan fingerprint density at radius 3 is 2.78 bits per heavy atom. The summed E-state index contributed by atoms with van der Waals surface area (Å²) in [6.07, 6.45) is 5.47. The highest BCUT2D eigenvalue weighted by Gasteiger charge is 2.25. The van der Waals surface area contributed by atoms with Crippen LogP contribution < -0.4 is 5.73 Å². The fourth-order valence-electron chi connectivity index (χ4n) is 3.05. The Morgan fingerprint density at radius 2 is 2.06 bits per heavy atom. The van der Waals surface area contributed by atoms with Crippen LogP contribution in [0.15, 0.2) is 22.7 Å². The molecule has 1 aromatic carbocycles. The van der Waals surface area contributed by atoms with Crippen LogP contribution in [-0.2, 0) is 6.54 Å². The van der Waals surface area contributed by atoms with Crippen LogP contribution in [0.25, 0.3) is 0 Å². The lowest BCUT2D eigenvalue weighted by Gasteiger charge is -2.36. The first kappa shape index (κ1) is 13.9. The molecule has 0 amide bonds. The minimum absolute atomic E-state index is 0.715. The Morgan fingerprint density at radius 1 is 1.33 bits per heavy atom. The molecule has 1 aliphatic carbocycles. The van der Waals surface area contributed by atoms with Crippen molar-refractivity contribution < 1.29 is 0 Å². The lowest BCUT2D eigenvalue weighted by atomic mass is 9.85. The normalized spacial score (nSPS) is 24.4. The predicted octanol–water partition coefficient (Wildman–Crippen LogP) is 4.04. The monoisotopic (exact) mass is 310 g/mol. The zero-order chi connectivity index (χ0) is 13.1. The van der Waals surface area contributed by atoms with Gasteiger partial charge in [0.25, 0.3) is 0 Å². The zero-order valence-corrected chi connectivity index (χ0v) is 12.9. The quantitative estimate of drug-likeness (QED) is 0.854. The van der Waals surface area contributed by atoms with Crippen LogP contribution >= 0.6 is 15.9 Å². The number of benzene rings is 1. The van der Waals surface area contributed by atoms with E-state index in [1.54, 1.807) is 0 Å². The molecule has 100 valence electrons. The molecule has 0 radical (unpaired) electrons. The molecule has 0 bridgehead atoms. The van der Waals surface area contributed by atoms with Gasteiger partial charge in [-0.05, 0) is 49.6 Å². The van der Waals surface area contributed by atoms with E-state index < -0.39 is 0 Å². The molecule has 1 aliphatic rings. The average molecular weight is 311 g/mol. The second-order valence-corrected chi connectivity index (χ2v) is 6.45. The van der Waals surface area contributed by atoms with Crippen LogP contribution in [0.1, 0.15) is 38.2 Å². The van der Waals surface area contributed by atoms with E-state index in [0.29, 0.717) is 6.04 Å². The minimum atomic E-state index is 0.715. The Balaban J connectivity index is 2.05. The summed E-state index contributed by atoms with van der Waals surface area (Å²) in [7, 11) is 2.24. The van der Waals surface area contributed by atoms with Crippen molar-refractivity contribution in [2.75, 3.05) is 12.8 Å². The topological polar surface area (TPSA) is 29.3 Å². The number of nitrogen functional groups attached to an aromatic ring is 1. The molecular formula is C15H23BrN2. The van der Waals surface area contributed by atoms with Crippen LogP contribution in [-0.4, -0.2) is 18.0 Å². The second kappa shape index (κ2) is 6.07. The Hall–Kier alpha value is -0.540. The number of nitrogens with two attached hydrogens (primary N) is 1. The summed E-state index contributed by atoms with van der Waals surface area (Å²) >= 11 is 3.62. The lowest BCUT2D eigenvalue weighted by Crippen LogP contribution is -2.38. The van der Waals surface area contributed by atoms with Crippen LogP contribution in [0.3, 0.4) is 0 Å². The van der Waals surface area contributed by atoms with Crippen LogP contribution in [0.2, 0.25) is 0 Å². The number of hydrogen-bond acceptors (Lipinski definition) is 2. The van der Waals surface area contributed by atoms with Gasteiger partial charge in [0.1, 0.15) is 0 Å². The maximum atomic E-state index is 5.87. The van der Waals surface area contributed by atoms with Crippen molar-refractivity contribution in [3.05, 3.63) is 28.2 Å². The molecule has 2 rings (SSSR count). The molecule has 18 heavy (non-hydrogen) atoms. The number of anilines is 1. The van der Waals surface area contributed by atoms with Gasteiger partial charge in [-0.2, -0.15) is 0 Å². The van der Waals surface area contributed by atoms with Gasteiger partial charge in [0.15, 0.2) is 0 Å². The summed E-state index contributed by atoms with van der Waals surface area (Å²) in [6, 6.07) is 6.78.